The molecule has 1 heterocycles. The number of hydrogen-bond acceptors (Lipinski definition) is 4. The summed E-state index contributed by atoms with van der Waals surface area (Å²) in [4.78, 5) is 0. The molecule has 0 saturated heterocycles. The molecular formula is C6H9Cl2N3O. The molecule has 4 nitrogen and oxygen atoms in total. The molecule has 12 heavy (non-hydrogen) atoms. The van der Waals surface area contributed by atoms with Gasteiger partial charge in [0.05, 0.1) is 18.1 Å². The number of hydrogen-bond donors (Lipinski definition) is 1. The Kier molecular flexibility index (Phi) is 7.78. The van der Waals surface area contributed by atoms with E-state index in [0.29, 0.717) is 5.71 Å². The van der Waals surface area contributed by atoms with Crippen LogP contribution in [0.25, 0.3) is 0 Å². The lowest BCUT2D eigenvalue weighted by atomic mass is 10.2. The molecule has 0 spiro atoms. The zero-order chi connectivity index (χ0) is 7.40. The van der Waals surface area contributed by atoms with Crippen molar-refractivity contribution in [2.45, 2.75) is 6.92 Å². The van der Waals surface area contributed by atoms with Crippen molar-refractivity contribution in [2.24, 2.45) is 5.16 Å². The van der Waals surface area contributed by atoms with Crippen molar-refractivity contribution >= 4 is 30.5 Å². The fourth-order valence-corrected chi connectivity index (χ4v) is 0.562. The van der Waals surface area contributed by atoms with E-state index >= 15 is 0 Å². The Morgan fingerprint density at radius 2 is 2.08 bits per heavy atom. The lowest BCUT2D eigenvalue weighted by molar-refractivity contribution is 0.319. The normalized spacial score (nSPS) is 9.58. The monoisotopic (exact) mass is 209 g/mol. The van der Waals surface area contributed by atoms with Gasteiger partial charge < -0.3 is 5.21 Å². The molecule has 0 aliphatic rings. The molecule has 1 N–H and O–H groups in total. The van der Waals surface area contributed by atoms with Crippen molar-refractivity contribution in [3.05, 3.63) is 24.0 Å². The molecule has 0 atom stereocenters. The highest BCUT2D eigenvalue weighted by Crippen LogP contribution is 1.94. The molecular weight excluding hydrogens is 201 g/mol. The number of rotatable bonds is 1. The van der Waals surface area contributed by atoms with Crippen LogP contribution in [0.5, 0.6) is 0 Å². The Morgan fingerprint density at radius 1 is 1.42 bits per heavy atom. The van der Waals surface area contributed by atoms with Crippen molar-refractivity contribution in [2.75, 3.05) is 0 Å². The average Bonchev–Trinajstić information content (AvgIpc) is 2.05. The van der Waals surface area contributed by atoms with Gasteiger partial charge in [0.2, 0.25) is 0 Å². The van der Waals surface area contributed by atoms with E-state index in [1.54, 1.807) is 19.2 Å². The van der Waals surface area contributed by atoms with Crippen LogP contribution in [0.15, 0.2) is 23.6 Å². The Bertz CT molecular complexity index is 240. The zero-order valence-electron chi connectivity index (χ0n) is 6.34. The third-order valence-corrected chi connectivity index (χ3v) is 1.15. The molecule has 0 radical (unpaired) electrons. The maximum absolute atomic E-state index is 8.33. The van der Waals surface area contributed by atoms with E-state index in [4.69, 9.17) is 5.21 Å². The summed E-state index contributed by atoms with van der Waals surface area (Å²) in [5, 5.41) is 18.5. The quantitative estimate of drug-likeness (QED) is 0.434. The summed E-state index contributed by atoms with van der Waals surface area (Å²) in [7, 11) is 0. The van der Waals surface area contributed by atoms with Crippen molar-refractivity contribution in [3.63, 3.8) is 0 Å². The molecule has 0 aliphatic carbocycles. The van der Waals surface area contributed by atoms with Crippen molar-refractivity contribution in [3.8, 4) is 0 Å². The van der Waals surface area contributed by atoms with Crippen LogP contribution in [-0.2, 0) is 0 Å². The molecule has 0 bridgehead atoms. The second-order valence-corrected chi connectivity index (χ2v) is 1.82. The molecule has 1 rings (SSSR count). The fraction of sp³-hybridized carbons (Fsp3) is 0.167. The zero-order valence-corrected chi connectivity index (χ0v) is 7.97. The molecule has 68 valence electrons. The highest BCUT2D eigenvalue weighted by molar-refractivity contribution is 5.97. The van der Waals surface area contributed by atoms with Gasteiger partial charge in [-0.3, -0.25) is 0 Å². The standard InChI is InChI=1S/C6H7N3O.2ClH/c1-5(9-10)6-2-3-7-8-4-6;;/h2-4,10H,1H3;2*1H. The average molecular weight is 210 g/mol. The van der Waals surface area contributed by atoms with Gasteiger partial charge in [-0.1, -0.05) is 5.16 Å². The van der Waals surface area contributed by atoms with Gasteiger partial charge in [0.1, 0.15) is 0 Å². The van der Waals surface area contributed by atoms with Crippen molar-refractivity contribution in [1.82, 2.24) is 10.2 Å². The van der Waals surface area contributed by atoms with Crippen LogP contribution in [0.1, 0.15) is 12.5 Å². The van der Waals surface area contributed by atoms with Gasteiger partial charge in [0, 0.05) is 5.56 Å². The van der Waals surface area contributed by atoms with E-state index in [2.05, 4.69) is 15.4 Å². The van der Waals surface area contributed by atoms with Crippen LogP contribution in [0.3, 0.4) is 0 Å². The van der Waals surface area contributed by atoms with Gasteiger partial charge in [-0.2, -0.15) is 10.2 Å². The maximum Gasteiger partial charge on any atom is 0.0853 e. The molecule has 0 unspecified atom stereocenters. The van der Waals surface area contributed by atoms with E-state index < -0.39 is 0 Å². The van der Waals surface area contributed by atoms with Crippen LogP contribution >= 0.6 is 24.8 Å². The summed E-state index contributed by atoms with van der Waals surface area (Å²) in [6.07, 6.45) is 3.08. The van der Waals surface area contributed by atoms with Crippen molar-refractivity contribution < 1.29 is 5.21 Å². The van der Waals surface area contributed by atoms with E-state index in [1.807, 2.05) is 0 Å². The Labute approximate surface area is 82.5 Å². The van der Waals surface area contributed by atoms with E-state index in [0.717, 1.165) is 5.56 Å². The van der Waals surface area contributed by atoms with Gasteiger partial charge in [-0.15, -0.1) is 24.8 Å². The minimum Gasteiger partial charge on any atom is -0.411 e. The van der Waals surface area contributed by atoms with Gasteiger partial charge in [-0.25, -0.2) is 0 Å². The Hall–Kier alpha value is -0.870. The second-order valence-electron chi connectivity index (χ2n) is 1.82. The van der Waals surface area contributed by atoms with E-state index in [1.165, 1.54) is 6.20 Å². The molecule has 1 aromatic heterocycles. The molecule has 0 aromatic carbocycles. The van der Waals surface area contributed by atoms with Crippen LogP contribution in [0.4, 0.5) is 0 Å². The summed E-state index contributed by atoms with van der Waals surface area (Å²) in [5.74, 6) is 0. The van der Waals surface area contributed by atoms with Crippen LogP contribution in [0, 0.1) is 0 Å². The Morgan fingerprint density at radius 3 is 2.50 bits per heavy atom. The van der Waals surface area contributed by atoms with Crippen LogP contribution in [-0.4, -0.2) is 21.1 Å². The minimum atomic E-state index is 0. The SMILES string of the molecule is CC(=NO)c1ccnnc1.Cl.Cl. The third kappa shape index (κ3) is 3.50. The van der Waals surface area contributed by atoms with Crippen LogP contribution < -0.4 is 0 Å². The number of nitrogens with zero attached hydrogens (tertiary/aromatic N) is 3. The lowest BCUT2D eigenvalue weighted by Crippen LogP contribution is -1.95. The first-order chi connectivity index (χ1) is 4.84. The Balaban J connectivity index is 0. The maximum atomic E-state index is 8.33. The molecule has 0 saturated carbocycles. The third-order valence-electron chi connectivity index (χ3n) is 1.15. The predicted octanol–water partition coefficient (Wildman–Crippen LogP) is 1.52. The number of aromatic nitrogens is 2. The number of oxime groups is 1. The molecule has 6 heteroatoms. The summed E-state index contributed by atoms with van der Waals surface area (Å²) in [5.41, 5.74) is 1.31. The van der Waals surface area contributed by atoms with Gasteiger partial charge >= 0.3 is 0 Å². The fourth-order valence-electron chi connectivity index (χ4n) is 0.562. The topological polar surface area (TPSA) is 58.4 Å². The molecule has 1 aromatic rings. The van der Waals surface area contributed by atoms with Gasteiger partial charge in [0.15, 0.2) is 0 Å². The molecule has 0 amide bonds. The highest BCUT2D eigenvalue weighted by Gasteiger charge is 1.94. The van der Waals surface area contributed by atoms with Crippen molar-refractivity contribution in [1.29, 1.82) is 0 Å². The minimum absolute atomic E-state index is 0. The largest absolute Gasteiger partial charge is 0.411 e. The summed E-state index contributed by atoms with van der Waals surface area (Å²) >= 11 is 0. The van der Waals surface area contributed by atoms with E-state index in [-0.39, 0.29) is 24.8 Å². The summed E-state index contributed by atoms with van der Waals surface area (Å²) in [6, 6.07) is 1.72. The first-order valence-corrected chi connectivity index (χ1v) is 2.80. The van der Waals surface area contributed by atoms with Crippen LogP contribution in [0.2, 0.25) is 0 Å². The predicted molar refractivity (Wildman–Crippen MR) is 50.5 cm³/mol. The first-order valence-electron chi connectivity index (χ1n) is 2.80. The lowest BCUT2D eigenvalue weighted by Gasteiger charge is -1.92. The van der Waals surface area contributed by atoms with Gasteiger partial charge in [0.25, 0.3) is 0 Å². The molecule has 0 aliphatic heterocycles. The molecule has 0 fully saturated rings. The first kappa shape index (κ1) is 13.7. The highest BCUT2D eigenvalue weighted by atomic mass is 35.5. The smallest absolute Gasteiger partial charge is 0.0853 e. The van der Waals surface area contributed by atoms with Gasteiger partial charge in [-0.05, 0) is 13.0 Å². The summed E-state index contributed by atoms with van der Waals surface area (Å²) < 4.78 is 0. The van der Waals surface area contributed by atoms with E-state index in [9.17, 15) is 0 Å². The second kappa shape index (κ2) is 6.82. The summed E-state index contributed by atoms with van der Waals surface area (Å²) in [6.45, 7) is 1.69. The number of halogens is 2.